The highest BCUT2D eigenvalue weighted by Crippen LogP contribution is 2.31. The molecule has 1 saturated heterocycles. The normalized spacial score (nSPS) is 18.4. The Hall–Kier alpha value is -2.26. The zero-order chi connectivity index (χ0) is 18.7. The number of hydrogen-bond acceptors (Lipinski definition) is 6. The summed E-state index contributed by atoms with van der Waals surface area (Å²) in [6.45, 7) is 2.05. The van der Waals surface area contributed by atoms with Gasteiger partial charge in [0.15, 0.2) is 11.5 Å². The Morgan fingerprint density at radius 1 is 1.27 bits per heavy atom. The van der Waals surface area contributed by atoms with Crippen LogP contribution in [0.25, 0.3) is 11.5 Å². The number of nitrogens with zero attached hydrogens (tertiary/aromatic N) is 5. The van der Waals surface area contributed by atoms with Crippen LogP contribution in [0.15, 0.2) is 30.5 Å². The van der Waals surface area contributed by atoms with E-state index < -0.39 is 11.9 Å². The van der Waals surface area contributed by atoms with Crippen LogP contribution in [-0.4, -0.2) is 66.3 Å². The molecule has 140 valence electrons. The second-order valence-electron chi connectivity index (χ2n) is 6.35. The SMILES string of the molecule is CN(C)CC1CN(c2cc(C(F)(F)F)nc(-c3ccccn3)n2)CCO1. The molecule has 26 heavy (non-hydrogen) atoms. The molecule has 6 nitrogen and oxygen atoms in total. The molecule has 1 fully saturated rings. The van der Waals surface area contributed by atoms with Crippen molar-refractivity contribution in [2.45, 2.75) is 12.3 Å². The van der Waals surface area contributed by atoms with Gasteiger partial charge in [-0.1, -0.05) is 6.07 Å². The maximum atomic E-state index is 13.3. The Bertz CT molecular complexity index is 739. The Morgan fingerprint density at radius 3 is 2.73 bits per heavy atom. The van der Waals surface area contributed by atoms with Gasteiger partial charge in [0.05, 0.1) is 12.7 Å². The van der Waals surface area contributed by atoms with E-state index in [1.807, 2.05) is 19.0 Å². The lowest BCUT2D eigenvalue weighted by Crippen LogP contribution is -2.47. The molecule has 2 aromatic rings. The van der Waals surface area contributed by atoms with Crippen LogP contribution < -0.4 is 4.90 Å². The monoisotopic (exact) mass is 367 g/mol. The van der Waals surface area contributed by atoms with Gasteiger partial charge >= 0.3 is 6.18 Å². The summed E-state index contributed by atoms with van der Waals surface area (Å²) in [5, 5.41) is 0. The van der Waals surface area contributed by atoms with Crippen molar-refractivity contribution in [3.63, 3.8) is 0 Å². The van der Waals surface area contributed by atoms with E-state index in [9.17, 15) is 13.2 Å². The van der Waals surface area contributed by atoms with Crippen LogP contribution in [0, 0.1) is 0 Å². The second kappa shape index (κ2) is 7.55. The molecule has 2 aromatic heterocycles. The highest BCUT2D eigenvalue weighted by Gasteiger charge is 2.35. The molecule has 0 aromatic carbocycles. The highest BCUT2D eigenvalue weighted by molar-refractivity contribution is 5.54. The van der Waals surface area contributed by atoms with E-state index in [2.05, 4.69) is 15.0 Å². The van der Waals surface area contributed by atoms with Crippen LogP contribution in [0.4, 0.5) is 19.0 Å². The Kier molecular flexibility index (Phi) is 5.38. The summed E-state index contributed by atoms with van der Waals surface area (Å²) in [5.74, 6) is 0.200. The summed E-state index contributed by atoms with van der Waals surface area (Å²) in [5.41, 5.74) is -0.670. The summed E-state index contributed by atoms with van der Waals surface area (Å²) in [6, 6.07) is 5.96. The second-order valence-corrected chi connectivity index (χ2v) is 6.35. The van der Waals surface area contributed by atoms with Crippen molar-refractivity contribution < 1.29 is 17.9 Å². The van der Waals surface area contributed by atoms with Gasteiger partial charge in [0.1, 0.15) is 11.5 Å². The predicted molar refractivity (Wildman–Crippen MR) is 90.8 cm³/mol. The molecule has 0 spiro atoms. The smallest absolute Gasteiger partial charge is 0.373 e. The number of alkyl halides is 3. The van der Waals surface area contributed by atoms with Crippen LogP contribution in [-0.2, 0) is 10.9 Å². The van der Waals surface area contributed by atoms with Crippen LogP contribution >= 0.6 is 0 Å². The lowest BCUT2D eigenvalue weighted by Gasteiger charge is -2.35. The van der Waals surface area contributed by atoms with Crippen LogP contribution in [0.1, 0.15) is 5.69 Å². The number of hydrogen-bond donors (Lipinski definition) is 0. The molecule has 0 amide bonds. The molecule has 0 aliphatic carbocycles. The first-order valence-electron chi connectivity index (χ1n) is 8.22. The molecule has 1 atom stereocenters. The summed E-state index contributed by atoms with van der Waals surface area (Å²) in [6.07, 6.45) is -3.15. The van der Waals surface area contributed by atoms with E-state index in [0.29, 0.717) is 31.9 Å². The van der Waals surface area contributed by atoms with Crippen molar-refractivity contribution in [3.8, 4) is 11.5 Å². The number of aromatic nitrogens is 3. The number of morpholine rings is 1. The average Bonchev–Trinajstić information content (AvgIpc) is 2.61. The molecule has 0 bridgehead atoms. The van der Waals surface area contributed by atoms with Gasteiger partial charge in [0, 0.05) is 31.9 Å². The number of ether oxygens (including phenoxy) is 1. The van der Waals surface area contributed by atoms with Gasteiger partial charge in [-0.05, 0) is 26.2 Å². The fourth-order valence-corrected chi connectivity index (χ4v) is 2.80. The van der Waals surface area contributed by atoms with E-state index in [1.165, 1.54) is 6.20 Å². The first-order chi connectivity index (χ1) is 12.3. The van der Waals surface area contributed by atoms with Crippen LogP contribution in [0.3, 0.4) is 0 Å². The molecular weight excluding hydrogens is 347 g/mol. The minimum atomic E-state index is -4.56. The molecular formula is C17H20F3N5O. The first-order valence-corrected chi connectivity index (χ1v) is 8.22. The number of likely N-dealkylation sites (N-methyl/N-ethyl adjacent to an activating group) is 1. The molecule has 1 unspecified atom stereocenters. The van der Waals surface area contributed by atoms with Crippen molar-refractivity contribution in [2.75, 3.05) is 45.2 Å². The predicted octanol–water partition coefficient (Wildman–Crippen LogP) is 2.32. The lowest BCUT2D eigenvalue weighted by molar-refractivity contribution is -0.141. The number of rotatable bonds is 4. The molecule has 9 heteroatoms. The number of pyridine rings is 1. The van der Waals surface area contributed by atoms with Crippen molar-refractivity contribution >= 4 is 5.82 Å². The molecule has 1 aliphatic rings. The van der Waals surface area contributed by atoms with Gasteiger partial charge in [-0.25, -0.2) is 9.97 Å². The van der Waals surface area contributed by atoms with Gasteiger partial charge < -0.3 is 14.5 Å². The third-order valence-electron chi connectivity index (χ3n) is 3.93. The van der Waals surface area contributed by atoms with E-state index in [-0.39, 0.29) is 17.7 Å². The highest BCUT2D eigenvalue weighted by atomic mass is 19.4. The Labute approximate surface area is 149 Å². The van der Waals surface area contributed by atoms with Crippen molar-refractivity contribution in [1.82, 2.24) is 19.9 Å². The van der Waals surface area contributed by atoms with Gasteiger partial charge in [-0.3, -0.25) is 4.98 Å². The summed E-state index contributed by atoms with van der Waals surface area (Å²) in [7, 11) is 3.85. The molecule has 0 saturated carbocycles. The molecule has 0 N–H and O–H groups in total. The largest absolute Gasteiger partial charge is 0.433 e. The zero-order valence-corrected chi connectivity index (χ0v) is 14.6. The molecule has 1 aliphatic heterocycles. The number of halogens is 3. The molecule has 3 rings (SSSR count). The third kappa shape index (κ3) is 4.47. The van der Waals surface area contributed by atoms with Gasteiger partial charge in [0.2, 0.25) is 0 Å². The molecule has 3 heterocycles. The number of anilines is 1. The van der Waals surface area contributed by atoms with Crippen LogP contribution in [0.2, 0.25) is 0 Å². The van der Waals surface area contributed by atoms with Gasteiger partial charge in [-0.15, -0.1) is 0 Å². The topological polar surface area (TPSA) is 54.4 Å². The van der Waals surface area contributed by atoms with Crippen molar-refractivity contribution in [3.05, 3.63) is 36.2 Å². The van der Waals surface area contributed by atoms with Crippen molar-refractivity contribution in [1.29, 1.82) is 0 Å². The fraction of sp³-hybridized carbons (Fsp3) is 0.471. The van der Waals surface area contributed by atoms with Crippen LogP contribution in [0.5, 0.6) is 0 Å². The summed E-state index contributed by atoms with van der Waals surface area (Å²) < 4.78 is 45.6. The standard InChI is InChI=1S/C17H20F3N5O/c1-24(2)10-12-11-25(7-8-26-12)15-9-14(17(18,19)20)22-16(23-15)13-5-3-4-6-21-13/h3-6,9,12H,7-8,10-11H2,1-2H3. The lowest BCUT2D eigenvalue weighted by atomic mass is 10.2. The fourth-order valence-electron chi connectivity index (χ4n) is 2.80. The van der Waals surface area contributed by atoms with E-state index in [0.717, 1.165) is 6.07 Å². The quantitative estimate of drug-likeness (QED) is 0.827. The maximum Gasteiger partial charge on any atom is 0.433 e. The maximum absolute atomic E-state index is 13.3. The van der Waals surface area contributed by atoms with Gasteiger partial charge in [0.25, 0.3) is 0 Å². The molecule has 0 radical (unpaired) electrons. The van der Waals surface area contributed by atoms with Gasteiger partial charge in [-0.2, -0.15) is 13.2 Å². The minimum absolute atomic E-state index is 0.0360. The minimum Gasteiger partial charge on any atom is -0.373 e. The van der Waals surface area contributed by atoms with E-state index >= 15 is 0 Å². The Balaban J connectivity index is 1.95. The zero-order valence-electron chi connectivity index (χ0n) is 14.6. The summed E-state index contributed by atoms with van der Waals surface area (Å²) in [4.78, 5) is 15.9. The third-order valence-corrected chi connectivity index (χ3v) is 3.93. The van der Waals surface area contributed by atoms with E-state index in [4.69, 9.17) is 4.74 Å². The van der Waals surface area contributed by atoms with E-state index in [1.54, 1.807) is 23.1 Å². The Morgan fingerprint density at radius 2 is 2.08 bits per heavy atom. The first kappa shape index (κ1) is 18.5. The summed E-state index contributed by atoms with van der Waals surface area (Å²) >= 11 is 0. The van der Waals surface area contributed by atoms with Crippen molar-refractivity contribution in [2.24, 2.45) is 0 Å². The average molecular weight is 367 g/mol.